The molecule has 0 unspecified atom stereocenters. The average Bonchev–Trinajstić information content (AvgIpc) is 2.08. The smallest absolute Gasteiger partial charge is 0.741 e. The van der Waals surface area contributed by atoms with E-state index in [0.29, 0.717) is 0 Å². The molecule has 0 fully saturated rings. The maximum Gasteiger partial charge on any atom is 3.00 e. The van der Waals surface area contributed by atoms with Crippen LogP contribution in [-0.4, -0.2) is 55.4 Å². The van der Waals surface area contributed by atoms with Crippen LogP contribution in [0, 0.1) is 41.3 Å². The molecule has 9 nitrogen and oxygen atoms in total. The van der Waals surface area contributed by atoms with Crippen LogP contribution in [0.3, 0.4) is 0 Å². The molecule has 0 N–H and O–H groups in total. The van der Waals surface area contributed by atoms with Crippen molar-refractivity contribution >= 4 is 30.4 Å². The molecular formula is C3F9O9PrS3. The summed E-state index contributed by atoms with van der Waals surface area (Å²) in [5.41, 5.74) is -16.9. The topological polar surface area (TPSA) is 172 Å². The standard InChI is InChI=1S/3CHF3O3S.Pr/c3*2-1(3,4)8(5,6)7;/h3*(H,5,6,7);/q;;;+3/p-3/i;;;1+0. The first-order valence-corrected chi connectivity index (χ1v) is 8.04. The minimum Gasteiger partial charge on any atom is -0.741 e. The Kier molecular flexibility index (Phi) is 13.4. The van der Waals surface area contributed by atoms with Crippen LogP contribution < -0.4 is 0 Å². The summed E-state index contributed by atoms with van der Waals surface area (Å²) in [5.74, 6) is 0. The molecule has 25 heavy (non-hydrogen) atoms. The van der Waals surface area contributed by atoms with Crippen molar-refractivity contribution in [1.29, 1.82) is 0 Å². The van der Waals surface area contributed by atoms with Gasteiger partial charge in [0.2, 0.25) is 0 Å². The maximum atomic E-state index is 10.7. The van der Waals surface area contributed by atoms with E-state index in [1.54, 1.807) is 0 Å². The molecule has 0 saturated carbocycles. The van der Waals surface area contributed by atoms with E-state index in [0.717, 1.165) is 0 Å². The molecule has 0 aromatic heterocycles. The van der Waals surface area contributed by atoms with Crippen molar-refractivity contribution in [2.24, 2.45) is 0 Å². The van der Waals surface area contributed by atoms with Crippen LogP contribution in [0.4, 0.5) is 39.5 Å². The van der Waals surface area contributed by atoms with Gasteiger partial charge in [0.15, 0.2) is 30.4 Å². The van der Waals surface area contributed by atoms with Gasteiger partial charge in [-0.1, -0.05) is 0 Å². The second-order valence-corrected chi connectivity index (χ2v) is 6.81. The molecule has 0 atom stereocenters. The Bertz CT molecular complexity index is 596. The van der Waals surface area contributed by atoms with Crippen molar-refractivity contribution in [1.82, 2.24) is 0 Å². The van der Waals surface area contributed by atoms with Crippen molar-refractivity contribution in [3.63, 3.8) is 0 Å². The first-order chi connectivity index (χ1) is 9.75. The van der Waals surface area contributed by atoms with E-state index in [-0.39, 0.29) is 41.3 Å². The van der Waals surface area contributed by atoms with Crippen LogP contribution in [0.2, 0.25) is 0 Å². The van der Waals surface area contributed by atoms with Crippen molar-refractivity contribution in [2.45, 2.75) is 16.5 Å². The summed E-state index contributed by atoms with van der Waals surface area (Å²) in [6, 6.07) is 0. The van der Waals surface area contributed by atoms with E-state index in [9.17, 15) is 39.5 Å². The third kappa shape index (κ3) is 16.4. The minimum atomic E-state index is -6.09. The Morgan fingerprint density at radius 3 is 0.480 bits per heavy atom. The summed E-state index contributed by atoms with van der Waals surface area (Å²) >= 11 is 0. The summed E-state index contributed by atoms with van der Waals surface area (Å²) in [5, 5.41) is 0. The SMILES string of the molecule is O=S(=O)([O-])C(F)(F)F.O=S(=O)([O-])C(F)(F)F.O=S(=O)([O-])C(F)(F)F.[141Pr+3]. The number of hydrogen-bond acceptors (Lipinski definition) is 9. The van der Waals surface area contributed by atoms with Gasteiger partial charge >= 0.3 is 57.8 Å². The van der Waals surface area contributed by atoms with Crippen LogP contribution in [0.25, 0.3) is 0 Å². The van der Waals surface area contributed by atoms with Crippen LogP contribution in [0.1, 0.15) is 0 Å². The monoisotopic (exact) mass is 588 g/mol. The van der Waals surface area contributed by atoms with E-state index in [2.05, 4.69) is 0 Å². The average molecular weight is 588 g/mol. The third-order valence-corrected chi connectivity index (χ3v) is 2.55. The Labute approximate surface area is 165 Å². The Hall–Kier alpha value is 0.464. The molecule has 0 aromatic rings. The van der Waals surface area contributed by atoms with E-state index in [1.807, 2.05) is 0 Å². The van der Waals surface area contributed by atoms with Crippen LogP contribution in [0.15, 0.2) is 0 Å². The largest absolute Gasteiger partial charge is 3.00 e. The van der Waals surface area contributed by atoms with Gasteiger partial charge < -0.3 is 13.7 Å². The molecule has 0 radical (unpaired) electrons. The molecule has 0 amide bonds. The Balaban J connectivity index is -0.000000130. The van der Waals surface area contributed by atoms with Crippen LogP contribution in [0.5, 0.6) is 0 Å². The quantitative estimate of drug-likeness (QED) is 0.217. The zero-order chi connectivity index (χ0) is 21.0. The molecule has 0 heterocycles. The molecule has 0 aliphatic rings. The molecule has 22 heteroatoms. The van der Waals surface area contributed by atoms with Crippen LogP contribution >= 0.6 is 0 Å². The molecular weight excluding hydrogens is 588 g/mol. The van der Waals surface area contributed by atoms with Crippen LogP contribution in [-0.2, 0) is 30.4 Å². The van der Waals surface area contributed by atoms with Gasteiger partial charge in [-0.3, -0.25) is 0 Å². The van der Waals surface area contributed by atoms with E-state index in [4.69, 9.17) is 38.9 Å². The minimum absolute atomic E-state index is 0. The molecule has 0 aromatic carbocycles. The summed E-state index contributed by atoms with van der Waals surface area (Å²) in [6.45, 7) is 0. The van der Waals surface area contributed by atoms with Crippen molar-refractivity contribution < 1.29 is 120 Å². The zero-order valence-electron chi connectivity index (χ0n) is 10.4. The summed E-state index contributed by atoms with van der Waals surface area (Å²) in [4.78, 5) is 0. The first kappa shape index (κ1) is 33.1. The van der Waals surface area contributed by atoms with Crippen molar-refractivity contribution in [3.8, 4) is 0 Å². The fourth-order valence-corrected chi connectivity index (χ4v) is 0. The number of rotatable bonds is 0. The van der Waals surface area contributed by atoms with Gasteiger partial charge in [-0.15, -0.1) is 0 Å². The normalized spacial score (nSPS) is 13.4. The van der Waals surface area contributed by atoms with E-state index >= 15 is 0 Å². The second kappa shape index (κ2) is 10.1. The summed E-state index contributed by atoms with van der Waals surface area (Å²) in [6.07, 6.45) is 0. The van der Waals surface area contributed by atoms with Gasteiger partial charge in [-0.25, -0.2) is 25.3 Å². The summed E-state index contributed by atoms with van der Waals surface area (Å²) in [7, 11) is -18.3. The molecule has 0 rings (SSSR count). The molecule has 0 bridgehead atoms. The fraction of sp³-hybridized carbons (Fsp3) is 1.00. The van der Waals surface area contributed by atoms with Crippen molar-refractivity contribution in [2.75, 3.05) is 0 Å². The van der Waals surface area contributed by atoms with Gasteiger partial charge in [0.05, 0.1) is 0 Å². The molecule has 0 aliphatic carbocycles. The van der Waals surface area contributed by atoms with Gasteiger partial charge in [0.1, 0.15) is 0 Å². The predicted molar refractivity (Wildman–Crippen MR) is 47.3 cm³/mol. The predicted octanol–water partition coefficient (Wildman–Crippen LogP) is 0.154. The zero-order valence-corrected chi connectivity index (χ0v) is 16.5. The fourth-order valence-electron chi connectivity index (χ4n) is 0. The van der Waals surface area contributed by atoms with Gasteiger partial charge in [-0.2, -0.15) is 39.5 Å². The molecule has 0 saturated heterocycles. The molecule has 150 valence electrons. The maximum absolute atomic E-state index is 10.7. The third-order valence-electron chi connectivity index (χ3n) is 0.850. The second-order valence-electron chi connectivity index (χ2n) is 2.70. The molecule has 0 spiro atoms. The number of hydrogen-bond donors (Lipinski definition) is 0. The summed E-state index contributed by atoms with van der Waals surface area (Å²) < 4.78 is 177. The molecule has 0 aliphatic heterocycles. The van der Waals surface area contributed by atoms with E-state index < -0.39 is 46.9 Å². The van der Waals surface area contributed by atoms with Gasteiger partial charge in [0, 0.05) is 0 Å². The van der Waals surface area contributed by atoms with Crippen molar-refractivity contribution in [3.05, 3.63) is 0 Å². The first-order valence-electron chi connectivity index (χ1n) is 3.81. The Morgan fingerprint density at radius 1 is 0.440 bits per heavy atom. The number of halogens is 9. The van der Waals surface area contributed by atoms with Gasteiger partial charge in [-0.05, 0) is 0 Å². The number of alkyl halides is 9. The van der Waals surface area contributed by atoms with E-state index in [1.165, 1.54) is 0 Å². The Morgan fingerprint density at radius 2 is 0.480 bits per heavy atom. The van der Waals surface area contributed by atoms with Gasteiger partial charge in [0.25, 0.3) is 0 Å².